The first kappa shape index (κ1) is 10.8. The van der Waals surface area contributed by atoms with E-state index >= 15 is 0 Å². The Balaban J connectivity index is 2.25. The molecule has 0 saturated heterocycles. The molecule has 0 amide bonds. The fraction of sp³-hybridized carbons (Fsp3) is 0.833. The van der Waals surface area contributed by atoms with Crippen LogP contribution in [0.15, 0.2) is 12.2 Å². The van der Waals surface area contributed by atoms with Crippen LogP contribution in [0, 0.1) is 11.8 Å². The molecule has 1 nitrogen and oxygen atoms in total. The monoisotopic (exact) mass is 182 g/mol. The predicted octanol–water partition coefficient (Wildman–Crippen LogP) is 3.40. The summed E-state index contributed by atoms with van der Waals surface area (Å²) in [6.45, 7) is 4.47. The highest BCUT2D eigenvalue weighted by atomic mass is 16.5. The van der Waals surface area contributed by atoms with Gasteiger partial charge in [-0.3, -0.25) is 0 Å². The number of hydrogen-bond donors (Lipinski definition) is 0. The van der Waals surface area contributed by atoms with Crippen molar-refractivity contribution in [3.8, 4) is 0 Å². The van der Waals surface area contributed by atoms with E-state index < -0.39 is 0 Å². The summed E-state index contributed by atoms with van der Waals surface area (Å²) >= 11 is 0. The van der Waals surface area contributed by atoms with Crippen LogP contribution in [0.4, 0.5) is 0 Å². The molecule has 0 aromatic carbocycles. The van der Waals surface area contributed by atoms with Crippen LogP contribution in [-0.2, 0) is 4.74 Å². The first-order chi connectivity index (χ1) is 6.22. The number of methoxy groups -OCH3 is 1. The maximum Gasteiger partial charge on any atom is 0.0571 e. The van der Waals surface area contributed by atoms with Gasteiger partial charge in [0.25, 0.3) is 0 Å². The largest absolute Gasteiger partial charge is 0.381 e. The third-order valence-electron chi connectivity index (χ3n) is 2.82. The van der Waals surface area contributed by atoms with E-state index in [4.69, 9.17) is 4.74 Å². The van der Waals surface area contributed by atoms with Gasteiger partial charge in [-0.15, -0.1) is 0 Å². The molecule has 1 fully saturated rings. The van der Waals surface area contributed by atoms with Crippen molar-refractivity contribution in [3.05, 3.63) is 12.2 Å². The Kier molecular flexibility index (Phi) is 4.51. The summed E-state index contributed by atoms with van der Waals surface area (Å²) in [6, 6.07) is 0. The molecule has 0 N–H and O–H groups in total. The smallest absolute Gasteiger partial charge is 0.0571 e. The Morgan fingerprint density at radius 3 is 2.23 bits per heavy atom. The lowest BCUT2D eigenvalue weighted by atomic mass is 9.86. The fourth-order valence-electron chi connectivity index (χ4n) is 1.90. The van der Waals surface area contributed by atoms with E-state index in [0.29, 0.717) is 12.0 Å². The van der Waals surface area contributed by atoms with Gasteiger partial charge in [0.05, 0.1) is 6.10 Å². The highest BCUT2D eigenvalue weighted by molar-refractivity contribution is 4.92. The molecule has 0 aromatic heterocycles. The number of allylic oxidation sites excluding steroid dienone is 2. The maximum atomic E-state index is 5.34. The van der Waals surface area contributed by atoms with E-state index in [0.717, 1.165) is 5.92 Å². The summed E-state index contributed by atoms with van der Waals surface area (Å²) in [5.74, 6) is 1.51. The molecule has 0 bridgehead atoms. The Labute approximate surface area is 82.2 Å². The van der Waals surface area contributed by atoms with Gasteiger partial charge in [-0.1, -0.05) is 26.0 Å². The molecule has 1 rings (SSSR count). The van der Waals surface area contributed by atoms with Crippen LogP contribution in [0.5, 0.6) is 0 Å². The molecule has 1 aliphatic carbocycles. The third-order valence-corrected chi connectivity index (χ3v) is 2.82. The van der Waals surface area contributed by atoms with E-state index in [-0.39, 0.29) is 0 Å². The molecule has 1 heteroatoms. The van der Waals surface area contributed by atoms with Gasteiger partial charge in [0, 0.05) is 7.11 Å². The summed E-state index contributed by atoms with van der Waals surface area (Å²) in [7, 11) is 1.83. The highest BCUT2D eigenvalue weighted by Crippen LogP contribution is 2.26. The summed E-state index contributed by atoms with van der Waals surface area (Å²) in [5, 5.41) is 0. The molecule has 76 valence electrons. The number of hydrogen-bond acceptors (Lipinski definition) is 1. The zero-order valence-electron chi connectivity index (χ0n) is 9.12. The van der Waals surface area contributed by atoms with Crippen molar-refractivity contribution >= 4 is 0 Å². The topological polar surface area (TPSA) is 9.23 Å². The van der Waals surface area contributed by atoms with Crippen molar-refractivity contribution in [1.82, 2.24) is 0 Å². The summed E-state index contributed by atoms with van der Waals surface area (Å²) < 4.78 is 5.34. The van der Waals surface area contributed by atoms with Crippen molar-refractivity contribution in [3.63, 3.8) is 0 Å². The lowest BCUT2D eigenvalue weighted by Gasteiger charge is -2.25. The normalized spacial score (nSPS) is 30.2. The van der Waals surface area contributed by atoms with Crippen LogP contribution >= 0.6 is 0 Å². The van der Waals surface area contributed by atoms with E-state index in [1.165, 1.54) is 25.7 Å². The van der Waals surface area contributed by atoms with Crippen molar-refractivity contribution in [2.45, 2.75) is 45.6 Å². The van der Waals surface area contributed by atoms with Gasteiger partial charge in [-0.05, 0) is 37.5 Å². The Bertz CT molecular complexity index is 153. The van der Waals surface area contributed by atoms with Crippen LogP contribution < -0.4 is 0 Å². The Morgan fingerprint density at radius 2 is 1.77 bits per heavy atom. The van der Waals surface area contributed by atoms with Crippen molar-refractivity contribution in [2.24, 2.45) is 11.8 Å². The van der Waals surface area contributed by atoms with Crippen LogP contribution in [0.1, 0.15) is 39.5 Å². The van der Waals surface area contributed by atoms with Gasteiger partial charge in [-0.25, -0.2) is 0 Å². The molecule has 0 radical (unpaired) electrons. The predicted molar refractivity (Wildman–Crippen MR) is 56.7 cm³/mol. The lowest BCUT2D eigenvalue weighted by molar-refractivity contribution is 0.0626. The van der Waals surface area contributed by atoms with Gasteiger partial charge in [0.15, 0.2) is 0 Å². The molecule has 1 saturated carbocycles. The molecular weight excluding hydrogens is 160 g/mol. The van der Waals surface area contributed by atoms with Gasteiger partial charge in [0.2, 0.25) is 0 Å². The summed E-state index contributed by atoms with van der Waals surface area (Å²) in [5.41, 5.74) is 0. The van der Waals surface area contributed by atoms with Crippen LogP contribution in [-0.4, -0.2) is 13.2 Å². The van der Waals surface area contributed by atoms with E-state index in [1.54, 1.807) is 0 Å². The van der Waals surface area contributed by atoms with Crippen LogP contribution in [0.2, 0.25) is 0 Å². The van der Waals surface area contributed by atoms with Crippen molar-refractivity contribution in [2.75, 3.05) is 7.11 Å². The minimum Gasteiger partial charge on any atom is -0.381 e. The maximum absolute atomic E-state index is 5.34. The van der Waals surface area contributed by atoms with Crippen molar-refractivity contribution in [1.29, 1.82) is 0 Å². The fourth-order valence-corrected chi connectivity index (χ4v) is 1.90. The molecule has 0 heterocycles. The number of ether oxygens (including phenoxy) is 1. The molecular formula is C12H22O. The lowest BCUT2D eigenvalue weighted by Crippen LogP contribution is -2.19. The number of rotatable bonds is 3. The second-order valence-electron chi connectivity index (χ2n) is 4.40. The zero-order chi connectivity index (χ0) is 9.68. The van der Waals surface area contributed by atoms with E-state index in [1.807, 2.05) is 7.11 Å². The molecule has 0 aromatic rings. The Hall–Kier alpha value is -0.300. The second-order valence-corrected chi connectivity index (χ2v) is 4.40. The highest BCUT2D eigenvalue weighted by Gasteiger charge is 2.18. The van der Waals surface area contributed by atoms with Crippen LogP contribution in [0.3, 0.4) is 0 Å². The zero-order valence-corrected chi connectivity index (χ0v) is 9.12. The molecule has 0 spiro atoms. The van der Waals surface area contributed by atoms with Crippen molar-refractivity contribution < 1.29 is 4.74 Å². The van der Waals surface area contributed by atoms with E-state index in [9.17, 15) is 0 Å². The van der Waals surface area contributed by atoms with Gasteiger partial charge in [0.1, 0.15) is 0 Å². The average Bonchev–Trinajstić information content (AvgIpc) is 2.15. The Morgan fingerprint density at radius 1 is 1.15 bits per heavy atom. The van der Waals surface area contributed by atoms with Crippen LogP contribution in [0.25, 0.3) is 0 Å². The standard InChI is InChI=1S/C12H22O/c1-10(2)4-5-11-6-8-12(13-3)9-7-11/h4-5,10-12H,6-9H2,1-3H3/b5-4+. The molecule has 0 aliphatic heterocycles. The average molecular weight is 182 g/mol. The summed E-state index contributed by atoms with van der Waals surface area (Å²) in [6.07, 6.45) is 10.4. The SMILES string of the molecule is COC1CCC(/C=C/C(C)C)CC1. The quantitative estimate of drug-likeness (QED) is 0.608. The van der Waals surface area contributed by atoms with Gasteiger partial charge in [-0.2, -0.15) is 0 Å². The third kappa shape index (κ3) is 3.95. The first-order valence-electron chi connectivity index (χ1n) is 5.43. The second kappa shape index (κ2) is 5.43. The first-order valence-corrected chi connectivity index (χ1v) is 5.43. The molecule has 0 unspecified atom stereocenters. The molecule has 13 heavy (non-hydrogen) atoms. The molecule has 0 atom stereocenters. The van der Waals surface area contributed by atoms with E-state index in [2.05, 4.69) is 26.0 Å². The minimum atomic E-state index is 0.531. The minimum absolute atomic E-state index is 0.531. The summed E-state index contributed by atoms with van der Waals surface area (Å²) in [4.78, 5) is 0. The molecule has 1 aliphatic rings. The van der Waals surface area contributed by atoms with Gasteiger partial charge >= 0.3 is 0 Å². The van der Waals surface area contributed by atoms with Gasteiger partial charge < -0.3 is 4.74 Å².